The zero-order valence-corrected chi connectivity index (χ0v) is 8.07. The van der Waals surface area contributed by atoms with Gasteiger partial charge in [0.1, 0.15) is 0 Å². The summed E-state index contributed by atoms with van der Waals surface area (Å²) in [4.78, 5) is 0. The van der Waals surface area contributed by atoms with E-state index in [1.165, 1.54) is 0 Å². The van der Waals surface area contributed by atoms with E-state index in [9.17, 15) is 17.6 Å². The normalized spacial score (nSPS) is 14.8. The number of rotatable bonds is 7. The molecule has 0 radical (unpaired) electrons. The fourth-order valence-corrected chi connectivity index (χ4v) is 0.974. The van der Waals surface area contributed by atoms with Gasteiger partial charge in [-0.1, -0.05) is 13.3 Å². The minimum Gasteiger partial charge on any atom is -0.327 e. The van der Waals surface area contributed by atoms with Crippen LogP contribution in [0.4, 0.5) is 17.6 Å². The molecule has 6 heteroatoms. The van der Waals surface area contributed by atoms with Crippen molar-refractivity contribution in [2.24, 2.45) is 5.73 Å². The van der Waals surface area contributed by atoms with Gasteiger partial charge in [0, 0.05) is 12.6 Å². The molecule has 0 amide bonds. The minimum absolute atomic E-state index is 0.135. The van der Waals surface area contributed by atoms with Crippen LogP contribution < -0.4 is 11.1 Å². The van der Waals surface area contributed by atoms with E-state index in [-0.39, 0.29) is 12.6 Å². The van der Waals surface area contributed by atoms with Crippen molar-refractivity contribution in [2.75, 3.05) is 13.1 Å². The van der Waals surface area contributed by atoms with Gasteiger partial charge < -0.3 is 11.1 Å². The molecule has 0 aromatic carbocycles. The Labute approximate surface area is 80.8 Å². The van der Waals surface area contributed by atoms with Gasteiger partial charge in [0.05, 0.1) is 6.54 Å². The molecule has 0 aromatic heterocycles. The first-order valence-corrected chi connectivity index (χ1v) is 4.52. The third-order valence-electron chi connectivity index (χ3n) is 1.75. The molecular formula is C8H16F4N2. The Morgan fingerprint density at radius 1 is 1.36 bits per heavy atom. The average Bonchev–Trinajstić information content (AvgIpc) is 2.04. The molecule has 86 valence electrons. The molecule has 1 unspecified atom stereocenters. The SMILES string of the molecule is CCCC(N)CNCC(F)(F)C(F)F. The van der Waals surface area contributed by atoms with Gasteiger partial charge in [0.2, 0.25) is 0 Å². The van der Waals surface area contributed by atoms with E-state index in [1.807, 2.05) is 6.92 Å². The highest BCUT2D eigenvalue weighted by Crippen LogP contribution is 2.21. The zero-order chi connectivity index (χ0) is 11.2. The van der Waals surface area contributed by atoms with Gasteiger partial charge in [-0.05, 0) is 6.42 Å². The van der Waals surface area contributed by atoms with Gasteiger partial charge in [-0.25, -0.2) is 8.78 Å². The standard InChI is InChI=1S/C8H16F4N2/c1-2-3-6(13)4-14-5-8(11,12)7(9)10/h6-7,14H,2-5,13H2,1H3. The van der Waals surface area contributed by atoms with E-state index in [4.69, 9.17) is 5.73 Å². The Balaban J connectivity index is 3.62. The third kappa shape index (κ3) is 5.39. The Morgan fingerprint density at radius 3 is 2.36 bits per heavy atom. The Kier molecular flexibility index (Phi) is 6.03. The fourth-order valence-electron chi connectivity index (χ4n) is 0.974. The van der Waals surface area contributed by atoms with Crippen LogP contribution in [0, 0.1) is 0 Å². The average molecular weight is 216 g/mol. The van der Waals surface area contributed by atoms with Crippen molar-refractivity contribution in [1.82, 2.24) is 5.32 Å². The van der Waals surface area contributed by atoms with Crippen molar-refractivity contribution in [2.45, 2.75) is 38.2 Å². The molecule has 2 nitrogen and oxygen atoms in total. The molecule has 14 heavy (non-hydrogen) atoms. The van der Waals surface area contributed by atoms with Crippen LogP contribution in [0.5, 0.6) is 0 Å². The zero-order valence-electron chi connectivity index (χ0n) is 8.07. The minimum atomic E-state index is -3.97. The second kappa shape index (κ2) is 6.19. The summed E-state index contributed by atoms with van der Waals surface area (Å²) in [6.45, 7) is 1.02. The molecule has 0 heterocycles. The second-order valence-corrected chi connectivity index (χ2v) is 3.24. The van der Waals surface area contributed by atoms with Crippen molar-refractivity contribution in [3.63, 3.8) is 0 Å². The van der Waals surface area contributed by atoms with Crippen molar-refractivity contribution in [1.29, 1.82) is 0 Å². The lowest BCUT2D eigenvalue weighted by molar-refractivity contribution is -0.125. The first kappa shape index (κ1) is 13.6. The molecule has 0 aliphatic heterocycles. The number of hydrogen-bond donors (Lipinski definition) is 2. The highest BCUT2D eigenvalue weighted by molar-refractivity contribution is 4.74. The number of alkyl halides is 4. The summed E-state index contributed by atoms with van der Waals surface area (Å²) >= 11 is 0. The highest BCUT2D eigenvalue weighted by atomic mass is 19.3. The first-order valence-electron chi connectivity index (χ1n) is 4.52. The number of hydrogen-bond acceptors (Lipinski definition) is 2. The summed E-state index contributed by atoms with van der Waals surface area (Å²) in [6, 6.07) is -0.256. The van der Waals surface area contributed by atoms with E-state index >= 15 is 0 Å². The first-order chi connectivity index (χ1) is 6.40. The van der Waals surface area contributed by atoms with Crippen LogP contribution in [0.25, 0.3) is 0 Å². The lowest BCUT2D eigenvalue weighted by atomic mass is 10.2. The van der Waals surface area contributed by atoms with Crippen LogP contribution >= 0.6 is 0 Å². The Hall–Kier alpha value is -0.360. The van der Waals surface area contributed by atoms with E-state index < -0.39 is 18.9 Å². The van der Waals surface area contributed by atoms with Crippen LogP contribution in [0.2, 0.25) is 0 Å². The molecule has 0 aliphatic rings. The molecule has 0 spiro atoms. The molecule has 1 atom stereocenters. The summed E-state index contributed by atoms with van der Waals surface area (Å²) in [5, 5.41) is 2.24. The maximum absolute atomic E-state index is 12.3. The van der Waals surface area contributed by atoms with Crippen molar-refractivity contribution in [3.05, 3.63) is 0 Å². The predicted octanol–water partition coefficient (Wildman–Crippen LogP) is 1.60. The predicted molar refractivity (Wildman–Crippen MR) is 46.7 cm³/mol. The second-order valence-electron chi connectivity index (χ2n) is 3.24. The van der Waals surface area contributed by atoms with E-state index in [0.717, 1.165) is 6.42 Å². The molecular weight excluding hydrogens is 200 g/mol. The summed E-state index contributed by atoms with van der Waals surface area (Å²) in [5.74, 6) is -3.97. The number of nitrogens with one attached hydrogen (secondary N) is 1. The molecule has 0 saturated heterocycles. The van der Waals surface area contributed by atoms with Gasteiger partial charge >= 0.3 is 12.3 Å². The number of nitrogens with two attached hydrogens (primary N) is 1. The summed E-state index contributed by atoms with van der Waals surface area (Å²) in [6.07, 6.45) is -2.10. The lowest BCUT2D eigenvalue weighted by Crippen LogP contribution is -2.43. The molecule has 0 rings (SSSR count). The van der Waals surface area contributed by atoms with E-state index in [2.05, 4.69) is 5.32 Å². The molecule has 0 aromatic rings. The number of halogens is 4. The van der Waals surface area contributed by atoms with Gasteiger partial charge in [-0.2, -0.15) is 8.78 Å². The smallest absolute Gasteiger partial charge is 0.319 e. The van der Waals surface area contributed by atoms with Crippen LogP contribution in [-0.4, -0.2) is 31.5 Å². The third-order valence-corrected chi connectivity index (χ3v) is 1.75. The van der Waals surface area contributed by atoms with Crippen LogP contribution in [0.3, 0.4) is 0 Å². The summed E-state index contributed by atoms with van der Waals surface area (Å²) in [7, 11) is 0. The fraction of sp³-hybridized carbons (Fsp3) is 1.00. The molecule has 0 saturated carbocycles. The van der Waals surface area contributed by atoms with Crippen LogP contribution in [0.1, 0.15) is 19.8 Å². The van der Waals surface area contributed by atoms with E-state index in [0.29, 0.717) is 6.42 Å². The summed E-state index contributed by atoms with van der Waals surface area (Å²) < 4.78 is 48.0. The monoisotopic (exact) mass is 216 g/mol. The van der Waals surface area contributed by atoms with Crippen LogP contribution in [0.15, 0.2) is 0 Å². The quantitative estimate of drug-likeness (QED) is 0.634. The van der Waals surface area contributed by atoms with Gasteiger partial charge in [-0.3, -0.25) is 0 Å². The van der Waals surface area contributed by atoms with Gasteiger partial charge in [-0.15, -0.1) is 0 Å². The topological polar surface area (TPSA) is 38.0 Å². The molecule has 0 aliphatic carbocycles. The Bertz CT molecular complexity index is 152. The van der Waals surface area contributed by atoms with E-state index in [1.54, 1.807) is 0 Å². The largest absolute Gasteiger partial charge is 0.327 e. The summed E-state index contributed by atoms with van der Waals surface area (Å²) in [5.41, 5.74) is 5.49. The van der Waals surface area contributed by atoms with Gasteiger partial charge in [0.25, 0.3) is 0 Å². The Morgan fingerprint density at radius 2 is 1.93 bits per heavy atom. The lowest BCUT2D eigenvalue weighted by Gasteiger charge is -2.17. The van der Waals surface area contributed by atoms with Crippen molar-refractivity contribution < 1.29 is 17.6 Å². The molecule has 0 fully saturated rings. The molecule has 3 N–H and O–H groups in total. The van der Waals surface area contributed by atoms with Gasteiger partial charge in [0.15, 0.2) is 0 Å². The molecule has 0 bridgehead atoms. The maximum Gasteiger partial charge on any atom is 0.319 e. The van der Waals surface area contributed by atoms with Crippen LogP contribution in [-0.2, 0) is 0 Å². The highest BCUT2D eigenvalue weighted by Gasteiger charge is 2.39. The van der Waals surface area contributed by atoms with Crippen molar-refractivity contribution >= 4 is 0 Å². The maximum atomic E-state index is 12.3. The van der Waals surface area contributed by atoms with Crippen molar-refractivity contribution in [3.8, 4) is 0 Å².